The Kier molecular flexibility index (Phi) is 4.53. The second-order valence-corrected chi connectivity index (χ2v) is 5.74. The van der Waals surface area contributed by atoms with Crippen LogP contribution in [0.3, 0.4) is 0 Å². The molecule has 1 aromatic heterocycles. The maximum Gasteiger partial charge on any atom is 0.292 e. The van der Waals surface area contributed by atoms with Crippen molar-refractivity contribution >= 4 is 22.6 Å². The highest BCUT2D eigenvalue weighted by molar-refractivity contribution is 6.44. The Morgan fingerprint density at radius 2 is 1.95 bits per heavy atom. The number of ketones is 1. The molecule has 0 saturated carbocycles. The molecule has 3 rings (SSSR count). The zero-order valence-corrected chi connectivity index (χ0v) is 12.6. The number of nitrogens with zero attached hydrogens (tertiary/aromatic N) is 1. The Labute approximate surface area is 129 Å². The van der Waals surface area contributed by atoms with Gasteiger partial charge in [0.15, 0.2) is 0 Å². The van der Waals surface area contributed by atoms with E-state index >= 15 is 0 Å². The van der Waals surface area contributed by atoms with Crippen molar-refractivity contribution in [3.63, 3.8) is 0 Å². The molecule has 2 heterocycles. The molecule has 2 aromatic rings. The van der Waals surface area contributed by atoms with Gasteiger partial charge < -0.3 is 15.2 Å². The first kappa shape index (κ1) is 14.8. The van der Waals surface area contributed by atoms with Crippen molar-refractivity contribution in [2.24, 2.45) is 0 Å². The number of hydrogen-bond donors (Lipinski definition) is 2. The van der Waals surface area contributed by atoms with Crippen LogP contribution < -0.4 is 5.32 Å². The number of hydrogen-bond acceptors (Lipinski definition) is 3. The molecule has 0 radical (unpaired) electrons. The van der Waals surface area contributed by atoms with Crippen LogP contribution in [0.2, 0.25) is 0 Å². The molecule has 0 atom stereocenters. The molecule has 1 saturated heterocycles. The monoisotopic (exact) mass is 299 g/mol. The number of likely N-dealkylation sites (tertiary alicyclic amines) is 1. The van der Waals surface area contributed by atoms with Crippen molar-refractivity contribution in [3.05, 3.63) is 36.0 Å². The minimum Gasteiger partial charge on any atom is -0.360 e. The fraction of sp³-hybridized carbons (Fsp3) is 0.412. The lowest BCUT2D eigenvalue weighted by Gasteiger charge is -2.14. The highest BCUT2D eigenvalue weighted by Crippen LogP contribution is 2.18. The molecule has 116 valence electrons. The van der Waals surface area contributed by atoms with Gasteiger partial charge >= 0.3 is 0 Å². The summed E-state index contributed by atoms with van der Waals surface area (Å²) in [6.07, 6.45) is 5.03. The van der Waals surface area contributed by atoms with E-state index in [1.54, 1.807) is 6.20 Å². The van der Waals surface area contributed by atoms with Crippen molar-refractivity contribution in [1.82, 2.24) is 15.2 Å². The van der Waals surface area contributed by atoms with E-state index in [-0.39, 0.29) is 0 Å². The van der Waals surface area contributed by atoms with E-state index in [4.69, 9.17) is 0 Å². The van der Waals surface area contributed by atoms with Gasteiger partial charge in [-0.15, -0.1) is 0 Å². The lowest BCUT2D eigenvalue weighted by Crippen LogP contribution is -2.33. The number of aromatic nitrogens is 1. The first-order chi connectivity index (χ1) is 10.8. The Morgan fingerprint density at radius 1 is 1.18 bits per heavy atom. The third kappa shape index (κ3) is 3.20. The molecule has 0 bridgehead atoms. The average molecular weight is 299 g/mol. The van der Waals surface area contributed by atoms with Crippen molar-refractivity contribution in [1.29, 1.82) is 0 Å². The zero-order valence-electron chi connectivity index (χ0n) is 12.6. The van der Waals surface area contributed by atoms with Gasteiger partial charge in [0.05, 0.1) is 5.56 Å². The van der Waals surface area contributed by atoms with E-state index < -0.39 is 11.7 Å². The van der Waals surface area contributed by atoms with Crippen LogP contribution in [0.1, 0.15) is 29.6 Å². The van der Waals surface area contributed by atoms with Gasteiger partial charge in [0.1, 0.15) is 0 Å². The topological polar surface area (TPSA) is 65.2 Å². The van der Waals surface area contributed by atoms with E-state index in [0.29, 0.717) is 12.1 Å². The maximum absolute atomic E-state index is 12.2. The van der Waals surface area contributed by atoms with E-state index in [0.717, 1.165) is 37.0 Å². The molecule has 1 aliphatic rings. The van der Waals surface area contributed by atoms with Crippen LogP contribution in [-0.2, 0) is 4.79 Å². The normalized spacial score (nSPS) is 15.3. The van der Waals surface area contributed by atoms with Gasteiger partial charge in [0.2, 0.25) is 0 Å². The van der Waals surface area contributed by atoms with E-state index in [2.05, 4.69) is 15.2 Å². The molecular formula is C17H21N3O2. The first-order valence-electron chi connectivity index (χ1n) is 7.87. The minimum atomic E-state index is -0.522. The zero-order chi connectivity index (χ0) is 15.4. The SMILES string of the molecule is O=C(NCCCN1CCCC1)C(=O)c1c[nH]c2ccccc12. The molecule has 1 aromatic carbocycles. The molecule has 5 nitrogen and oxygen atoms in total. The van der Waals surface area contributed by atoms with Gasteiger partial charge in [-0.05, 0) is 45.0 Å². The van der Waals surface area contributed by atoms with Gasteiger partial charge in [-0.25, -0.2) is 0 Å². The summed E-state index contributed by atoms with van der Waals surface area (Å²) in [5, 5.41) is 3.52. The Hall–Kier alpha value is -2.14. The number of carbonyl (C=O) groups excluding carboxylic acids is 2. The second kappa shape index (κ2) is 6.75. The summed E-state index contributed by atoms with van der Waals surface area (Å²) in [6, 6.07) is 7.49. The standard InChI is InChI=1S/C17H21N3O2/c21-16(14-12-19-15-7-2-1-6-13(14)15)17(22)18-8-5-11-20-9-3-4-10-20/h1-2,6-7,12,19H,3-5,8-11H2,(H,18,22). The number of nitrogens with one attached hydrogen (secondary N) is 2. The summed E-state index contributed by atoms with van der Waals surface area (Å²) >= 11 is 0. The number of Topliss-reactive ketones (excluding diaryl/α,β-unsaturated/α-hetero) is 1. The van der Waals surface area contributed by atoms with Crippen LogP contribution in [0.15, 0.2) is 30.5 Å². The average Bonchev–Trinajstić information content (AvgIpc) is 3.20. The molecule has 0 spiro atoms. The summed E-state index contributed by atoms with van der Waals surface area (Å²) in [5.74, 6) is -0.996. The van der Waals surface area contributed by atoms with Crippen LogP contribution >= 0.6 is 0 Å². The second-order valence-electron chi connectivity index (χ2n) is 5.74. The number of H-pyrrole nitrogens is 1. The van der Waals surface area contributed by atoms with Gasteiger partial charge in [0, 0.05) is 23.6 Å². The number of carbonyl (C=O) groups is 2. The molecule has 22 heavy (non-hydrogen) atoms. The van der Waals surface area contributed by atoms with Crippen molar-refractivity contribution in [3.8, 4) is 0 Å². The number of benzene rings is 1. The molecule has 0 unspecified atom stereocenters. The molecule has 1 fully saturated rings. The highest BCUT2D eigenvalue weighted by Gasteiger charge is 2.19. The van der Waals surface area contributed by atoms with Crippen LogP contribution in [0, 0.1) is 0 Å². The fourth-order valence-electron chi connectivity index (χ4n) is 2.97. The Balaban J connectivity index is 1.52. The van der Waals surface area contributed by atoms with Crippen LogP contribution in [0.5, 0.6) is 0 Å². The molecular weight excluding hydrogens is 278 g/mol. The molecule has 1 aliphatic heterocycles. The van der Waals surface area contributed by atoms with Crippen LogP contribution in [-0.4, -0.2) is 47.8 Å². The smallest absolute Gasteiger partial charge is 0.292 e. The lowest BCUT2D eigenvalue weighted by molar-refractivity contribution is -0.117. The third-order valence-corrected chi connectivity index (χ3v) is 4.18. The summed E-state index contributed by atoms with van der Waals surface area (Å²) in [4.78, 5) is 29.6. The summed E-state index contributed by atoms with van der Waals surface area (Å²) < 4.78 is 0. The predicted octanol–water partition coefficient (Wildman–Crippen LogP) is 1.95. The minimum absolute atomic E-state index is 0.438. The quantitative estimate of drug-likeness (QED) is 0.487. The number of aromatic amines is 1. The maximum atomic E-state index is 12.2. The van der Waals surface area contributed by atoms with Crippen molar-refractivity contribution < 1.29 is 9.59 Å². The summed E-state index contributed by atoms with van der Waals surface area (Å²) in [7, 11) is 0. The number of fused-ring (bicyclic) bond motifs is 1. The molecule has 5 heteroatoms. The predicted molar refractivity (Wildman–Crippen MR) is 85.9 cm³/mol. The van der Waals surface area contributed by atoms with Gasteiger partial charge in [-0.1, -0.05) is 18.2 Å². The molecule has 1 amide bonds. The number of rotatable bonds is 6. The third-order valence-electron chi connectivity index (χ3n) is 4.18. The van der Waals surface area contributed by atoms with E-state index in [1.807, 2.05) is 24.3 Å². The summed E-state index contributed by atoms with van der Waals surface area (Å²) in [6.45, 7) is 3.84. The van der Waals surface area contributed by atoms with E-state index in [1.165, 1.54) is 12.8 Å². The number of amides is 1. The largest absolute Gasteiger partial charge is 0.360 e. The molecule has 2 N–H and O–H groups in total. The van der Waals surface area contributed by atoms with Gasteiger partial charge in [0.25, 0.3) is 11.7 Å². The van der Waals surface area contributed by atoms with E-state index in [9.17, 15) is 9.59 Å². The van der Waals surface area contributed by atoms with Crippen molar-refractivity contribution in [2.75, 3.05) is 26.2 Å². The van der Waals surface area contributed by atoms with Gasteiger partial charge in [-0.3, -0.25) is 9.59 Å². The van der Waals surface area contributed by atoms with Crippen LogP contribution in [0.25, 0.3) is 10.9 Å². The Morgan fingerprint density at radius 3 is 2.77 bits per heavy atom. The Bertz CT molecular complexity index is 671. The molecule has 0 aliphatic carbocycles. The van der Waals surface area contributed by atoms with Crippen molar-refractivity contribution in [2.45, 2.75) is 19.3 Å². The fourth-order valence-corrected chi connectivity index (χ4v) is 2.97. The number of para-hydroxylation sites is 1. The lowest BCUT2D eigenvalue weighted by atomic mass is 10.1. The first-order valence-corrected chi connectivity index (χ1v) is 7.87. The summed E-state index contributed by atoms with van der Waals surface area (Å²) in [5.41, 5.74) is 1.31. The highest BCUT2D eigenvalue weighted by atomic mass is 16.2. The van der Waals surface area contributed by atoms with Crippen LogP contribution in [0.4, 0.5) is 0 Å². The van der Waals surface area contributed by atoms with Gasteiger partial charge in [-0.2, -0.15) is 0 Å².